The zero-order valence-corrected chi connectivity index (χ0v) is 9.37. The summed E-state index contributed by atoms with van der Waals surface area (Å²) in [5, 5.41) is 0. The molecular weight excluding hydrogens is 212 g/mol. The van der Waals surface area contributed by atoms with Crippen LogP contribution in [0.25, 0.3) is 0 Å². The van der Waals surface area contributed by atoms with Gasteiger partial charge in [0.15, 0.2) is 0 Å². The van der Waals surface area contributed by atoms with Gasteiger partial charge in [-0.05, 0) is 18.1 Å². The van der Waals surface area contributed by atoms with Crippen LogP contribution >= 0.6 is 0 Å². The van der Waals surface area contributed by atoms with Crippen molar-refractivity contribution in [3.63, 3.8) is 0 Å². The maximum absolute atomic E-state index is 11.6. The smallest absolute Gasteiger partial charge is 0.232 e. The minimum Gasteiger partial charge on any atom is -0.326 e. The van der Waals surface area contributed by atoms with E-state index in [1.807, 2.05) is 24.3 Å². The van der Waals surface area contributed by atoms with Gasteiger partial charge in [0.05, 0.1) is 11.9 Å². The summed E-state index contributed by atoms with van der Waals surface area (Å²) in [6.07, 6.45) is 1.95. The van der Waals surface area contributed by atoms with Crippen LogP contribution in [0.15, 0.2) is 24.3 Å². The third-order valence-electron chi connectivity index (χ3n) is 2.54. The highest BCUT2D eigenvalue weighted by Gasteiger charge is 2.27. The molecule has 1 aliphatic rings. The fourth-order valence-electron chi connectivity index (χ4n) is 1.90. The lowest BCUT2D eigenvalue weighted by molar-refractivity contribution is 0.580. The number of benzene rings is 1. The average molecular weight is 226 g/mol. The number of para-hydroxylation sites is 1. The Labute approximate surface area is 89.7 Å². The molecule has 0 spiro atoms. The van der Waals surface area contributed by atoms with E-state index >= 15 is 0 Å². The molecule has 2 N–H and O–H groups in total. The molecule has 0 fully saturated rings. The maximum atomic E-state index is 11.6. The molecule has 2 rings (SSSR count). The molecule has 1 aromatic rings. The lowest BCUT2D eigenvalue weighted by atomic mass is 10.0. The molecule has 0 amide bonds. The predicted octanol–water partition coefficient (Wildman–Crippen LogP) is 0.336. The van der Waals surface area contributed by atoms with Crippen molar-refractivity contribution in [1.29, 1.82) is 0 Å². The number of hydrogen-bond acceptors (Lipinski definition) is 3. The molecule has 0 saturated heterocycles. The largest absolute Gasteiger partial charge is 0.326 e. The van der Waals surface area contributed by atoms with Crippen LogP contribution in [0, 0.1) is 0 Å². The summed E-state index contributed by atoms with van der Waals surface area (Å²) < 4.78 is 24.5. The maximum Gasteiger partial charge on any atom is 0.232 e. The molecule has 1 unspecified atom stereocenters. The predicted molar refractivity (Wildman–Crippen MR) is 60.3 cm³/mol. The Morgan fingerprint density at radius 1 is 1.40 bits per heavy atom. The fraction of sp³-hybridized carbons (Fsp3) is 0.400. The molecule has 82 valence electrons. The van der Waals surface area contributed by atoms with Crippen LogP contribution in [0.4, 0.5) is 5.69 Å². The summed E-state index contributed by atoms with van der Waals surface area (Å²) in [7, 11) is -3.22. The van der Waals surface area contributed by atoms with E-state index in [0.29, 0.717) is 6.54 Å². The van der Waals surface area contributed by atoms with Gasteiger partial charge in [0.2, 0.25) is 10.0 Å². The van der Waals surface area contributed by atoms with E-state index in [1.165, 1.54) is 10.6 Å². The van der Waals surface area contributed by atoms with E-state index in [4.69, 9.17) is 5.73 Å². The number of anilines is 1. The molecule has 5 heteroatoms. The second-order valence-corrected chi connectivity index (χ2v) is 5.79. The first-order valence-electron chi connectivity index (χ1n) is 4.79. The highest BCUT2D eigenvalue weighted by molar-refractivity contribution is 7.92. The second kappa shape index (κ2) is 3.50. The van der Waals surface area contributed by atoms with Gasteiger partial charge in [-0.15, -0.1) is 0 Å². The van der Waals surface area contributed by atoms with Crippen LogP contribution in [0.3, 0.4) is 0 Å². The first-order valence-corrected chi connectivity index (χ1v) is 6.64. The Morgan fingerprint density at radius 3 is 2.73 bits per heavy atom. The fourth-order valence-corrected chi connectivity index (χ4v) is 2.90. The van der Waals surface area contributed by atoms with E-state index in [1.54, 1.807) is 0 Å². The molecule has 1 aromatic carbocycles. The van der Waals surface area contributed by atoms with E-state index < -0.39 is 10.0 Å². The van der Waals surface area contributed by atoms with Gasteiger partial charge in [-0.3, -0.25) is 4.31 Å². The minimum atomic E-state index is -3.22. The van der Waals surface area contributed by atoms with Crippen LogP contribution in [-0.2, 0) is 16.4 Å². The summed E-state index contributed by atoms with van der Waals surface area (Å²) in [5.41, 5.74) is 7.60. The van der Waals surface area contributed by atoms with E-state index in [2.05, 4.69) is 0 Å². The summed E-state index contributed by atoms with van der Waals surface area (Å²) in [5.74, 6) is 0. The van der Waals surface area contributed by atoms with Crippen molar-refractivity contribution in [2.24, 2.45) is 5.73 Å². The minimum absolute atomic E-state index is 0.116. The third kappa shape index (κ3) is 1.98. The first-order chi connectivity index (χ1) is 6.98. The number of sulfonamides is 1. The monoisotopic (exact) mass is 226 g/mol. The highest BCUT2D eigenvalue weighted by atomic mass is 32.2. The van der Waals surface area contributed by atoms with E-state index in [-0.39, 0.29) is 6.04 Å². The molecule has 1 aliphatic heterocycles. The molecule has 15 heavy (non-hydrogen) atoms. The Kier molecular flexibility index (Phi) is 2.44. The zero-order chi connectivity index (χ0) is 11.1. The summed E-state index contributed by atoms with van der Waals surface area (Å²) in [6.45, 7) is 0.371. The van der Waals surface area contributed by atoms with E-state index in [9.17, 15) is 8.42 Å². The topological polar surface area (TPSA) is 63.4 Å². The van der Waals surface area contributed by atoms with Gasteiger partial charge >= 0.3 is 0 Å². The number of hydrogen-bond donors (Lipinski definition) is 1. The van der Waals surface area contributed by atoms with E-state index in [0.717, 1.165) is 17.7 Å². The number of fused-ring (bicyclic) bond motifs is 1. The highest BCUT2D eigenvalue weighted by Crippen LogP contribution is 2.27. The molecular formula is C10H14N2O2S. The summed E-state index contributed by atoms with van der Waals surface area (Å²) >= 11 is 0. The lowest BCUT2D eigenvalue weighted by Gasteiger charge is -2.32. The Bertz CT molecular complexity index is 470. The van der Waals surface area contributed by atoms with Crippen molar-refractivity contribution in [2.75, 3.05) is 17.1 Å². The Morgan fingerprint density at radius 2 is 2.07 bits per heavy atom. The van der Waals surface area contributed by atoms with Crippen molar-refractivity contribution in [3.8, 4) is 0 Å². The molecule has 4 nitrogen and oxygen atoms in total. The zero-order valence-electron chi connectivity index (χ0n) is 8.55. The molecule has 1 atom stereocenters. The van der Waals surface area contributed by atoms with Crippen molar-refractivity contribution < 1.29 is 8.42 Å². The number of nitrogens with zero attached hydrogens (tertiary/aromatic N) is 1. The van der Waals surface area contributed by atoms with Crippen LogP contribution in [0.5, 0.6) is 0 Å². The van der Waals surface area contributed by atoms with Gasteiger partial charge in [-0.25, -0.2) is 8.42 Å². The average Bonchev–Trinajstić information content (AvgIpc) is 2.15. The molecule has 1 heterocycles. The SMILES string of the molecule is CS(=O)(=O)N1CC(N)Cc2ccccc21. The quantitative estimate of drug-likeness (QED) is 0.751. The van der Waals surface area contributed by atoms with Crippen molar-refractivity contribution >= 4 is 15.7 Å². The number of nitrogens with two attached hydrogens (primary N) is 1. The van der Waals surface area contributed by atoms with Crippen LogP contribution in [0.2, 0.25) is 0 Å². The Hall–Kier alpha value is -1.07. The van der Waals surface area contributed by atoms with Gasteiger partial charge in [0.25, 0.3) is 0 Å². The van der Waals surface area contributed by atoms with Crippen molar-refractivity contribution in [2.45, 2.75) is 12.5 Å². The van der Waals surface area contributed by atoms with Crippen LogP contribution in [0.1, 0.15) is 5.56 Å². The van der Waals surface area contributed by atoms with Gasteiger partial charge in [0.1, 0.15) is 0 Å². The van der Waals surface area contributed by atoms with Gasteiger partial charge in [0, 0.05) is 12.6 Å². The standard InChI is InChI=1S/C10H14N2O2S/c1-15(13,14)12-7-9(11)6-8-4-2-3-5-10(8)12/h2-5,9H,6-7,11H2,1H3. The first kappa shape index (κ1) is 10.4. The van der Waals surface area contributed by atoms with Crippen LogP contribution in [-0.4, -0.2) is 27.3 Å². The molecule has 0 saturated carbocycles. The van der Waals surface area contributed by atoms with Gasteiger partial charge < -0.3 is 5.73 Å². The van der Waals surface area contributed by atoms with Crippen LogP contribution < -0.4 is 10.0 Å². The van der Waals surface area contributed by atoms with Crippen molar-refractivity contribution in [1.82, 2.24) is 0 Å². The molecule has 0 radical (unpaired) electrons. The number of rotatable bonds is 1. The molecule has 0 aliphatic carbocycles. The lowest BCUT2D eigenvalue weighted by Crippen LogP contribution is -2.45. The van der Waals surface area contributed by atoms with Gasteiger partial charge in [-0.2, -0.15) is 0 Å². The van der Waals surface area contributed by atoms with Crippen molar-refractivity contribution in [3.05, 3.63) is 29.8 Å². The summed E-state index contributed by atoms with van der Waals surface area (Å²) in [4.78, 5) is 0. The third-order valence-corrected chi connectivity index (χ3v) is 3.69. The molecule has 0 aromatic heterocycles. The summed E-state index contributed by atoms with van der Waals surface area (Å²) in [6, 6.07) is 7.37. The second-order valence-electron chi connectivity index (χ2n) is 3.89. The van der Waals surface area contributed by atoms with Gasteiger partial charge in [-0.1, -0.05) is 18.2 Å². The Balaban J connectivity index is 2.52. The normalized spacial score (nSPS) is 21.2. The molecule has 0 bridgehead atoms.